The van der Waals surface area contributed by atoms with E-state index < -0.39 is 0 Å². The van der Waals surface area contributed by atoms with Crippen molar-refractivity contribution in [1.29, 1.82) is 0 Å². The molecule has 0 aromatic carbocycles. The predicted molar refractivity (Wildman–Crippen MR) is 60.8 cm³/mol. The third kappa shape index (κ3) is 2.67. The molecule has 1 atom stereocenters. The van der Waals surface area contributed by atoms with Gasteiger partial charge in [0.2, 0.25) is 0 Å². The summed E-state index contributed by atoms with van der Waals surface area (Å²) in [6, 6.07) is 2.46. The number of ether oxygens (including phenoxy) is 1. The second-order valence-corrected chi connectivity index (χ2v) is 4.52. The molecule has 1 aliphatic heterocycles. The Hall–Kier alpha value is 0.390. The summed E-state index contributed by atoms with van der Waals surface area (Å²) < 4.78 is 6.57. The molecule has 1 aliphatic rings. The predicted octanol–water partition coefficient (Wildman–Crippen LogP) is 2.59. The molecule has 2 rings (SSSR count). The molecule has 0 radical (unpaired) electrons. The zero-order chi connectivity index (χ0) is 8.39. The van der Waals surface area contributed by atoms with Crippen LogP contribution >= 0.6 is 39.7 Å². The van der Waals surface area contributed by atoms with Crippen LogP contribution in [0.4, 0.5) is 0 Å². The van der Waals surface area contributed by atoms with E-state index in [1.807, 2.05) is 0 Å². The second kappa shape index (κ2) is 5.32. The molecule has 0 saturated carbocycles. The van der Waals surface area contributed by atoms with Gasteiger partial charge in [0.05, 0.1) is 19.3 Å². The van der Waals surface area contributed by atoms with Crippen molar-refractivity contribution >= 4 is 39.7 Å². The van der Waals surface area contributed by atoms with Gasteiger partial charge in [-0.25, -0.2) is 0 Å². The zero-order valence-corrected chi connectivity index (χ0v) is 10.2. The molecule has 13 heavy (non-hydrogen) atoms. The zero-order valence-electron chi connectivity index (χ0n) is 6.96. The molecule has 1 aromatic heterocycles. The minimum Gasteiger partial charge on any atom is -0.378 e. The largest absolute Gasteiger partial charge is 0.378 e. The number of hydrogen-bond acceptors (Lipinski definition) is 3. The van der Waals surface area contributed by atoms with Crippen LogP contribution in [0.15, 0.2) is 15.9 Å². The molecule has 0 aliphatic carbocycles. The van der Waals surface area contributed by atoms with E-state index in [1.165, 1.54) is 9.35 Å². The maximum Gasteiger partial charge on any atom is 0.0670 e. The van der Waals surface area contributed by atoms with Gasteiger partial charge in [-0.3, -0.25) is 0 Å². The Balaban J connectivity index is 0.000000845. The van der Waals surface area contributed by atoms with E-state index in [-0.39, 0.29) is 12.4 Å². The van der Waals surface area contributed by atoms with Crippen molar-refractivity contribution in [2.45, 2.75) is 6.04 Å². The van der Waals surface area contributed by atoms with Gasteiger partial charge in [-0.05, 0) is 27.4 Å². The molecule has 74 valence electrons. The second-order valence-electron chi connectivity index (χ2n) is 2.71. The summed E-state index contributed by atoms with van der Waals surface area (Å²) in [5.41, 5.74) is 0. The quantitative estimate of drug-likeness (QED) is 0.856. The number of rotatable bonds is 1. The average molecular weight is 285 g/mol. The van der Waals surface area contributed by atoms with Gasteiger partial charge in [0.1, 0.15) is 0 Å². The van der Waals surface area contributed by atoms with E-state index >= 15 is 0 Å². The Morgan fingerprint density at radius 1 is 1.62 bits per heavy atom. The van der Waals surface area contributed by atoms with Crippen LogP contribution in [0.3, 0.4) is 0 Å². The lowest BCUT2D eigenvalue weighted by molar-refractivity contribution is 0.0777. The number of nitrogens with one attached hydrogen (secondary N) is 1. The number of hydrogen-bond donors (Lipinski definition) is 1. The first kappa shape index (κ1) is 11.5. The third-order valence-electron chi connectivity index (χ3n) is 1.88. The van der Waals surface area contributed by atoms with Crippen molar-refractivity contribution in [3.8, 4) is 0 Å². The van der Waals surface area contributed by atoms with Crippen LogP contribution < -0.4 is 5.32 Å². The third-order valence-corrected chi connectivity index (χ3v) is 3.87. The van der Waals surface area contributed by atoms with Gasteiger partial charge in [-0.15, -0.1) is 23.7 Å². The van der Waals surface area contributed by atoms with E-state index in [2.05, 4.69) is 32.7 Å². The van der Waals surface area contributed by atoms with Gasteiger partial charge in [-0.1, -0.05) is 0 Å². The molecule has 1 aromatic rings. The van der Waals surface area contributed by atoms with Gasteiger partial charge < -0.3 is 10.1 Å². The van der Waals surface area contributed by atoms with Gasteiger partial charge in [0, 0.05) is 15.9 Å². The Morgan fingerprint density at radius 2 is 2.46 bits per heavy atom. The SMILES string of the molecule is Brc1ccsc1[C@H]1COCCN1.Cl. The molecule has 0 unspecified atom stereocenters. The summed E-state index contributed by atoms with van der Waals surface area (Å²) in [6.45, 7) is 2.58. The summed E-state index contributed by atoms with van der Waals surface area (Å²) in [4.78, 5) is 1.34. The van der Waals surface area contributed by atoms with Crippen LogP contribution in [0.5, 0.6) is 0 Å². The van der Waals surface area contributed by atoms with Crippen molar-refractivity contribution in [2.75, 3.05) is 19.8 Å². The van der Waals surface area contributed by atoms with Gasteiger partial charge in [0.15, 0.2) is 0 Å². The summed E-state index contributed by atoms with van der Waals surface area (Å²) >= 11 is 5.28. The minimum absolute atomic E-state index is 0. The lowest BCUT2D eigenvalue weighted by atomic mass is 10.2. The van der Waals surface area contributed by atoms with Crippen LogP contribution in [0.1, 0.15) is 10.9 Å². The van der Waals surface area contributed by atoms with Crippen LogP contribution in [0.2, 0.25) is 0 Å². The highest BCUT2D eigenvalue weighted by Gasteiger charge is 2.18. The summed E-state index contributed by atoms with van der Waals surface area (Å²) in [6.07, 6.45) is 0. The van der Waals surface area contributed by atoms with Crippen molar-refractivity contribution in [2.24, 2.45) is 0 Å². The highest BCUT2D eigenvalue weighted by molar-refractivity contribution is 9.10. The molecule has 5 heteroatoms. The summed E-state index contributed by atoms with van der Waals surface area (Å²) in [5.74, 6) is 0. The van der Waals surface area contributed by atoms with Crippen LogP contribution in [0, 0.1) is 0 Å². The Labute approximate surface area is 96.2 Å². The number of halogens is 2. The molecule has 2 nitrogen and oxygen atoms in total. The molecule has 0 spiro atoms. The minimum atomic E-state index is 0. The number of thiophene rings is 1. The smallest absolute Gasteiger partial charge is 0.0670 e. The van der Waals surface area contributed by atoms with Crippen LogP contribution in [-0.2, 0) is 4.74 Å². The maximum absolute atomic E-state index is 5.38. The van der Waals surface area contributed by atoms with Crippen molar-refractivity contribution in [3.63, 3.8) is 0 Å². The standard InChI is InChI=1S/C8H10BrNOS.ClH/c9-6-1-4-12-8(6)7-5-11-3-2-10-7;/h1,4,7,10H,2-3,5H2;1H/t7-;/m1./s1. The average Bonchev–Trinajstić information content (AvgIpc) is 2.53. The molecule has 1 saturated heterocycles. The molecular formula is C8H11BrClNOS. The lowest BCUT2D eigenvalue weighted by Gasteiger charge is -2.23. The van der Waals surface area contributed by atoms with Crippen LogP contribution in [-0.4, -0.2) is 19.8 Å². The fourth-order valence-electron chi connectivity index (χ4n) is 1.29. The molecule has 0 bridgehead atoms. The van der Waals surface area contributed by atoms with Crippen LogP contribution in [0.25, 0.3) is 0 Å². The van der Waals surface area contributed by atoms with Crippen molar-refractivity contribution in [1.82, 2.24) is 5.32 Å². The first-order chi connectivity index (χ1) is 5.88. The van der Waals surface area contributed by atoms with E-state index in [9.17, 15) is 0 Å². The Kier molecular flexibility index (Phi) is 4.69. The molecule has 2 heterocycles. The van der Waals surface area contributed by atoms with Gasteiger partial charge in [-0.2, -0.15) is 0 Å². The molecule has 0 amide bonds. The van der Waals surface area contributed by atoms with Crippen molar-refractivity contribution < 1.29 is 4.74 Å². The van der Waals surface area contributed by atoms with E-state index in [0.717, 1.165) is 19.8 Å². The first-order valence-electron chi connectivity index (χ1n) is 3.92. The molecule has 1 N–H and O–H groups in total. The first-order valence-corrected chi connectivity index (χ1v) is 5.59. The van der Waals surface area contributed by atoms with Crippen molar-refractivity contribution in [3.05, 3.63) is 20.8 Å². The molecular weight excluding hydrogens is 274 g/mol. The van der Waals surface area contributed by atoms with E-state index in [0.29, 0.717) is 6.04 Å². The van der Waals surface area contributed by atoms with E-state index in [4.69, 9.17) is 4.74 Å². The van der Waals surface area contributed by atoms with Gasteiger partial charge in [0.25, 0.3) is 0 Å². The summed E-state index contributed by atoms with van der Waals surface area (Å²) in [5, 5.41) is 5.51. The fraction of sp³-hybridized carbons (Fsp3) is 0.500. The highest BCUT2D eigenvalue weighted by Crippen LogP contribution is 2.29. The fourth-order valence-corrected chi connectivity index (χ4v) is 3.00. The topological polar surface area (TPSA) is 21.3 Å². The normalized spacial score (nSPS) is 22.4. The Morgan fingerprint density at radius 3 is 3.00 bits per heavy atom. The Bertz CT molecular complexity index is 262. The maximum atomic E-state index is 5.38. The van der Waals surface area contributed by atoms with E-state index in [1.54, 1.807) is 11.3 Å². The monoisotopic (exact) mass is 283 g/mol. The molecule has 1 fully saturated rings. The van der Waals surface area contributed by atoms with Gasteiger partial charge >= 0.3 is 0 Å². The summed E-state index contributed by atoms with van der Waals surface area (Å²) in [7, 11) is 0. The highest BCUT2D eigenvalue weighted by atomic mass is 79.9. The lowest BCUT2D eigenvalue weighted by Crippen LogP contribution is -2.34. The number of morpholine rings is 1.